The van der Waals surface area contributed by atoms with Gasteiger partial charge in [0.05, 0.1) is 5.69 Å². The second-order valence-corrected chi connectivity index (χ2v) is 8.48. The predicted molar refractivity (Wildman–Crippen MR) is 114 cm³/mol. The lowest BCUT2D eigenvalue weighted by Gasteiger charge is -2.09. The molecule has 0 N–H and O–H groups in total. The highest BCUT2D eigenvalue weighted by atomic mass is 32.2. The van der Waals surface area contributed by atoms with Gasteiger partial charge < -0.3 is 4.57 Å². The summed E-state index contributed by atoms with van der Waals surface area (Å²) in [7, 11) is 0. The van der Waals surface area contributed by atoms with Crippen LogP contribution in [0.25, 0.3) is 16.3 Å². The first kappa shape index (κ1) is 18.9. The zero-order valence-electron chi connectivity index (χ0n) is 16.0. The highest BCUT2D eigenvalue weighted by Gasteiger charge is 2.15. The lowest BCUT2D eigenvalue weighted by molar-refractivity contribution is 0.626. The molecule has 0 fully saturated rings. The molecule has 0 unspecified atom stereocenters. The Labute approximate surface area is 171 Å². The molecule has 0 atom stereocenters. The van der Waals surface area contributed by atoms with Crippen LogP contribution in [0.15, 0.2) is 45.7 Å². The number of nitrogens with zero attached hydrogens (tertiary/aromatic N) is 5. The molecular formula is C20H21N5OS2. The maximum atomic E-state index is 12.4. The number of thioether (sulfide) groups is 1. The first-order valence-corrected chi connectivity index (χ1v) is 11.0. The van der Waals surface area contributed by atoms with Crippen LogP contribution in [0.2, 0.25) is 0 Å². The van der Waals surface area contributed by atoms with Crippen LogP contribution in [-0.4, -0.2) is 24.1 Å². The van der Waals surface area contributed by atoms with Crippen molar-refractivity contribution in [1.29, 1.82) is 0 Å². The normalized spacial score (nSPS) is 11.4. The Hall–Kier alpha value is -2.45. The van der Waals surface area contributed by atoms with E-state index in [0.717, 1.165) is 45.9 Å². The van der Waals surface area contributed by atoms with Crippen molar-refractivity contribution in [2.75, 3.05) is 0 Å². The summed E-state index contributed by atoms with van der Waals surface area (Å²) in [6.07, 6.45) is 0.991. The lowest BCUT2D eigenvalue weighted by Crippen LogP contribution is -2.14. The van der Waals surface area contributed by atoms with Gasteiger partial charge in [-0.2, -0.15) is 0 Å². The van der Waals surface area contributed by atoms with E-state index >= 15 is 0 Å². The van der Waals surface area contributed by atoms with Gasteiger partial charge in [-0.3, -0.25) is 9.20 Å². The number of thiazole rings is 1. The SMILES string of the molecule is CCCn1c(SCc2cc(=O)n3c(C)csc3n2)nnc1-c1cccc(C)c1. The topological polar surface area (TPSA) is 65.1 Å². The molecule has 0 aliphatic carbocycles. The fourth-order valence-electron chi connectivity index (χ4n) is 3.13. The molecule has 3 heterocycles. The van der Waals surface area contributed by atoms with Crippen molar-refractivity contribution in [3.05, 3.63) is 63.0 Å². The Kier molecular flexibility index (Phi) is 5.32. The van der Waals surface area contributed by atoms with E-state index in [1.54, 1.807) is 22.2 Å². The van der Waals surface area contributed by atoms with Crippen LogP contribution in [0.1, 0.15) is 30.3 Å². The average Bonchev–Trinajstić information content (AvgIpc) is 3.24. The molecule has 144 valence electrons. The summed E-state index contributed by atoms with van der Waals surface area (Å²) in [5.41, 5.74) is 3.92. The van der Waals surface area contributed by atoms with Crippen LogP contribution in [0.4, 0.5) is 0 Å². The monoisotopic (exact) mass is 411 g/mol. The zero-order chi connectivity index (χ0) is 19.7. The summed E-state index contributed by atoms with van der Waals surface area (Å²) < 4.78 is 3.80. The van der Waals surface area contributed by atoms with Crippen LogP contribution in [0.5, 0.6) is 0 Å². The summed E-state index contributed by atoms with van der Waals surface area (Å²) in [6, 6.07) is 9.92. The Morgan fingerprint density at radius 1 is 1.18 bits per heavy atom. The predicted octanol–water partition coefficient (Wildman–Crippen LogP) is 4.33. The van der Waals surface area contributed by atoms with Gasteiger partial charge in [0.2, 0.25) is 0 Å². The number of hydrogen-bond donors (Lipinski definition) is 0. The molecule has 3 aromatic heterocycles. The van der Waals surface area contributed by atoms with E-state index in [1.165, 1.54) is 16.9 Å². The maximum Gasteiger partial charge on any atom is 0.258 e. The van der Waals surface area contributed by atoms with Crippen molar-refractivity contribution in [2.45, 2.75) is 44.6 Å². The first-order valence-electron chi connectivity index (χ1n) is 9.16. The smallest absolute Gasteiger partial charge is 0.258 e. The summed E-state index contributed by atoms with van der Waals surface area (Å²) in [4.78, 5) is 17.7. The quantitative estimate of drug-likeness (QED) is 0.442. The third-order valence-corrected chi connectivity index (χ3v) is 6.36. The Balaban J connectivity index is 1.62. The minimum atomic E-state index is -0.0326. The van der Waals surface area contributed by atoms with E-state index < -0.39 is 0 Å². The Bertz CT molecular complexity index is 1190. The van der Waals surface area contributed by atoms with Gasteiger partial charge in [0.15, 0.2) is 15.9 Å². The third-order valence-electron chi connectivity index (χ3n) is 4.42. The van der Waals surface area contributed by atoms with E-state index in [4.69, 9.17) is 0 Å². The molecule has 0 saturated heterocycles. The van der Waals surface area contributed by atoms with Gasteiger partial charge in [-0.15, -0.1) is 21.5 Å². The van der Waals surface area contributed by atoms with Crippen LogP contribution < -0.4 is 5.56 Å². The van der Waals surface area contributed by atoms with Crippen LogP contribution in [-0.2, 0) is 12.3 Å². The van der Waals surface area contributed by atoms with Crippen molar-refractivity contribution in [3.63, 3.8) is 0 Å². The van der Waals surface area contributed by atoms with E-state index in [2.05, 4.69) is 51.8 Å². The number of aromatic nitrogens is 5. The van der Waals surface area contributed by atoms with Crippen molar-refractivity contribution in [1.82, 2.24) is 24.1 Å². The highest BCUT2D eigenvalue weighted by Crippen LogP contribution is 2.27. The lowest BCUT2D eigenvalue weighted by atomic mass is 10.1. The third kappa shape index (κ3) is 3.62. The molecule has 1 aromatic carbocycles. The summed E-state index contributed by atoms with van der Waals surface area (Å²) in [6.45, 7) is 6.98. The zero-order valence-corrected chi connectivity index (χ0v) is 17.7. The molecule has 0 amide bonds. The van der Waals surface area contributed by atoms with Crippen molar-refractivity contribution < 1.29 is 0 Å². The van der Waals surface area contributed by atoms with E-state index in [0.29, 0.717) is 5.75 Å². The van der Waals surface area contributed by atoms with Gasteiger partial charge in [-0.25, -0.2) is 4.98 Å². The van der Waals surface area contributed by atoms with Crippen LogP contribution in [0, 0.1) is 13.8 Å². The molecule has 0 spiro atoms. The van der Waals surface area contributed by atoms with E-state index in [1.807, 2.05) is 18.4 Å². The fourth-order valence-corrected chi connectivity index (χ4v) is 4.88. The van der Waals surface area contributed by atoms with Gasteiger partial charge in [-0.1, -0.05) is 42.4 Å². The van der Waals surface area contributed by atoms with Crippen LogP contribution in [0.3, 0.4) is 0 Å². The maximum absolute atomic E-state index is 12.4. The van der Waals surface area contributed by atoms with Crippen molar-refractivity contribution in [3.8, 4) is 11.4 Å². The van der Waals surface area contributed by atoms with Gasteiger partial charge >= 0.3 is 0 Å². The molecular weight excluding hydrogens is 390 g/mol. The number of hydrogen-bond acceptors (Lipinski definition) is 6. The second kappa shape index (κ2) is 7.89. The van der Waals surface area contributed by atoms with Crippen molar-refractivity contribution in [2.24, 2.45) is 0 Å². The van der Waals surface area contributed by atoms with Gasteiger partial charge in [0.1, 0.15) is 0 Å². The van der Waals surface area contributed by atoms with Gasteiger partial charge in [0, 0.05) is 35.0 Å². The molecule has 6 nitrogen and oxygen atoms in total. The molecule has 0 aliphatic heterocycles. The largest absolute Gasteiger partial charge is 0.302 e. The molecule has 4 aromatic rings. The number of fused-ring (bicyclic) bond motifs is 1. The summed E-state index contributed by atoms with van der Waals surface area (Å²) in [5.74, 6) is 1.46. The second-order valence-electron chi connectivity index (χ2n) is 6.70. The molecule has 8 heteroatoms. The average molecular weight is 412 g/mol. The standard InChI is InChI=1S/C20H21N5OS2/c1-4-8-24-18(15-7-5-6-13(2)9-15)22-23-20(24)28-12-16-10-17(26)25-14(3)11-27-19(25)21-16/h5-7,9-11H,4,8,12H2,1-3H3. The number of aryl methyl sites for hydroxylation is 2. The fraction of sp³-hybridized carbons (Fsp3) is 0.300. The molecule has 4 rings (SSSR count). The number of benzene rings is 1. The summed E-state index contributed by atoms with van der Waals surface area (Å²) in [5, 5.41) is 11.7. The molecule has 28 heavy (non-hydrogen) atoms. The molecule has 0 bridgehead atoms. The number of rotatable bonds is 6. The molecule has 0 radical (unpaired) electrons. The molecule has 0 saturated carbocycles. The van der Waals surface area contributed by atoms with Gasteiger partial charge in [-0.05, 0) is 26.3 Å². The van der Waals surface area contributed by atoms with Crippen molar-refractivity contribution >= 4 is 28.1 Å². The van der Waals surface area contributed by atoms with E-state index in [9.17, 15) is 4.79 Å². The van der Waals surface area contributed by atoms with E-state index in [-0.39, 0.29) is 5.56 Å². The molecule has 0 aliphatic rings. The Morgan fingerprint density at radius 3 is 2.82 bits per heavy atom. The minimum Gasteiger partial charge on any atom is -0.302 e. The van der Waals surface area contributed by atoms with Crippen LogP contribution >= 0.6 is 23.1 Å². The van der Waals surface area contributed by atoms with Gasteiger partial charge in [0.25, 0.3) is 5.56 Å². The minimum absolute atomic E-state index is 0.0326. The summed E-state index contributed by atoms with van der Waals surface area (Å²) >= 11 is 3.05. The highest BCUT2D eigenvalue weighted by molar-refractivity contribution is 7.98. The Morgan fingerprint density at radius 2 is 2.04 bits per heavy atom. The first-order chi connectivity index (χ1) is 13.6.